The molecule has 2 saturated carbocycles. The summed E-state index contributed by atoms with van der Waals surface area (Å²) < 4.78 is 5.78. The molecule has 0 aliphatic heterocycles. The van der Waals surface area contributed by atoms with Gasteiger partial charge in [-0.15, -0.1) is 0 Å². The largest absolute Gasteiger partial charge is 0.451 e. The third kappa shape index (κ3) is 3.34. The molecule has 2 radical (unpaired) electrons. The highest BCUT2D eigenvalue weighted by molar-refractivity contribution is 6.21. The fraction of sp³-hybridized carbons (Fsp3) is 0.704. The molecule has 34 heavy (non-hydrogen) atoms. The van der Waals surface area contributed by atoms with Gasteiger partial charge < -0.3 is 20.1 Å². The molecule has 3 rings (SSSR count). The quantitative estimate of drug-likeness (QED) is 0.181. The van der Waals surface area contributed by atoms with Gasteiger partial charge in [-0.25, -0.2) is 4.79 Å². The first kappa shape index (κ1) is 26.9. The summed E-state index contributed by atoms with van der Waals surface area (Å²) in [5.41, 5.74) is -2.45. The Morgan fingerprint density at radius 3 is 2.47 bits per heavy atom. The summed E-state index contributed by atoms with van der Waals surface area (Å²) in [5.74, 6) is -1.84. The normalized spacial score (nSPS) is 42.0. The molecule has 1 spiro atoms. The first-order valence-corrected chi connectivity index (χ1v) is 12.1. The van der Waals surface area contributed by atoms with Gasteiger partial charge in [-0.3, -0.25) is 4.79 Å². The highest BCUT2D eigenvalue weighted by atomic mass is 16.6. The Labute approximate surface area is 204 Å². The van der Waals surface area contributed by atoms with Crippen LogP contribution in [0.3, 0.4) is 0 Å². The maximum Gasteiger partial charge on any atom is 0.334 e. The molecule has 3 aliphatic carbocycles. The standard InChI is InChI=1S/C27H39BO6/c1-14(2)11-15(3)23(32)34-22-16(4)13-25(27(22,33)20(30)9-10-29)17(5)12-19-24(7,8)26(19,28)18(6)21(25)31/h11,13,17-20,22,29-30,33H,1,9-10,12H2,2-8H3/b15-11+/t17-,18?,19+,20?,22?,25?,26-,27?/m1/s1. The van der Waals surface area contributed by atoms with Crippen molar-refractivity contribution in [3.05, 3.63) is 35.5 Å². The van der Waals surface area contributed by atoms with Gasteiger partial charge in [0.25, 0.3) is 0 Å². The van der Waals surface area contributed by atoms with E-state index in [1.54, 1.807) is 39.8 Å². The minimum atomic E-state index is -2.15. The average Bonchev–Trinajstić information content (AvgIpc) is 3.07. The number of hydrogen-bond acceptors (Lipinski definition) is 6. The van der Waals surface area contributed by atoms with E-state index in [1.807, 2.05) is 6.92 Å². The molecule has 0 aromatic heterocycles. The molecule has 0 saturated heterocycles. The lowest BCUT2D eigenvalue weighted by molar-refractivity contribution is -0.211. The number of Topliss-reactive ketones (excluding diaryl/α,β-unsaturated/α-hetero) is 1. The predicted octanol–water partition coefficient (Wildman–Crippen LogP) is 3.07. The van der Waals surface area contributed by atoms with Crippen molar-refractivity contribution in [3.8, 4) is 0 Å². The molecule has 0 heterocycles. The maximum absolute atomic E-state index is 14.3. The molecule has 7 heteroatoms. The molecule has 5 unspecified atom stereocenters. The topological polar surface area (TPSA) is 104 Å². The van der Waals surface area contributed by atoms with Crippen LogP contribution >= 0.6 is 0 Å². The number of esters is 1. The van der Waals surface area contributed by atoms with Gasteiger partial charge in [-0.1, -0.05) is 45.9 Å². The molecule has 3 N–H and O–H groups in total. The first-order valence-electron chi connectivity index (χ1n) is 12.1. The van der Waals surface area contributed by atoms with Crippen molar-refractivity contribution < 1.29 is 29.6 Å². The minimum Gasteiger partial charge on any atom is -0.451 e. The zero-order valence-corrected chi connectivity index (χ0v) is 21.5. The number of fused-ring (bicyclic) bond motifs is 1. The van der Waals surface area contributed by atoms with Crippen LogP contribution in [0, 0.1) is 28.6 Å². The van der Waals surface area contributed by atoms with Gasteiger partial charge in [0.1, 0.15) is 11.4 Å². The van der Waals surface area contributed by atoms with Crippen molar-refractivity contribution in [1.29, 1.82) is 0 Å². The van der Waals surface area contributed by atoms with Crippen molar-refractivity contribution in [1.82, 2.24) is 0 Å². The lowest BCUT2D eigenvalue weighted by Gasteiger charge is -2.50. The fourth-order valence-electron chi connectivity index (χ4n) is 7.17. The zero-order valence-electron chi connectivity index (χ0n) is 21.5. The highest BCUT2D eigenvalue weighted by Gasteiger charge is 2.78. The zero-order chi connectivity index (χ0) is 26.0. The Balaban J connectivity index is 2.14. The van der Waals surface area contributed by atoms with E-state index in [4.69, 9.17) is 12.6 Å². The molecule has 2 fully saturated rings. The highest BCUT2D eigenvalue weighted by Crippen LogP contribution is 2.81. The van der Waals surface area contributed by atoms with Crippen LogP contribution in [-0.2, 0) is 14.3 Å². The Kier molecular flexibility index (Phi) is 6.69. The molecular formula is C27H39BO6. The third-order valence-corrected chi connectivity index (χ3v) is 9.22. The Bertz CT molecular complexity index is 966. The van der Waals surface area contributed by atoms with Gasteiger partial charge in [0, 0.05) is 18.1 Å². The number of rotatable bonds is 6. The van der Waals surface area contributed by atoms with Crippen LogP contribution in [0.15, 0.2) is 35.5 Å². The summed E-state index contributed by atoms with van der Waals surface area (Å²) in [7, 11) is 6.81. The van der Waals surface area contributed by atoms with E-state index in [1.165, 1.54) is 0 Å². The molecule has 8 atom stereocenters. The van der Waals surface area contributed by atoms with Gasteiger partial charge in [0.05, 0.1) is 19.4 Å². The molecular weight excluding hydrogens is 431 g/mol. The number of allylic oxidation sites excluding steroid dienone is 2. The second-order valence-electron chi connectivity index (χ2n) is 11.5. The Morgan fingerprint density at radius 2 is 1.94 bits per heavy atom. The Morgan fingerprint density at radius 1 is 1.35 bits per heavy atom. The van der Waals surface area contributed by atoms with Gasteiger partial charge in [0.15, 0.2) is 6.10 Å². The molecule has 0 amide bonds. The average molecular weight is 470 g/mol. The van der Waals surface area contributed by atoms with E-state index < -0.39 is 47.0 Å². The summed E-state index contributed by atoms with van der Waals surface area (Å²) in [6.45, 7) is 16.2. The van der Waals surface area contributed by atoms with Crippen molar-refractivity contribution >= 4 is 19.6 Å². The van der Waals surface area contributed by atoms with Crippen molar-refractivity contribution in [3.63, 3.8) is 0 Å². The van der Waals surface area contributed by atoms with Gasteiger partial charge in [-0.05, 0) is 67.8 Å². The summed E-state index contributed by atoms with van der Waals surface area (Å²) in [5, 5.41) is 32.4. The molecule has 0 aromatic rings. The maximum atomic E-state index is 14.3. The summed E-state index contributed by atoms with van der Waals surface area (Å²) in [6, 6.07) is 0. The van der Waals surface area contributed by atoms with Crippen molar-refractivity contribution in [2.75, 3.05) is 6.61 Å². The van der Waals surface area contributed by atoms with E-state index in [9.17, 15) is 24.9 Å². The smallest absolute Gasteiger partial charge is 0.334 e. The number of ketones is 1. The van der Waals surface area contributed by atoms with E-state index in [-0.39, 0.29) is 35.0 Å². The number of ether oxygens (including phenoxy) is 1. The van der Waals surface area contributed by atoms with Crippen LogP contribution in [-0.4, -0.2) is 59.3 Å². The number of carbonyl (C=O) groups excluding carboxylic acids is 2. The predicted molar refractivity (Wildman–Crippen MR) is 131 cm³/mol. The van der Waals surface area contributed by atoms with Gasteiger partial charge in [0.2, 0.25) is 0 Å². The fourth-order valence-corrected chi connectivity index (χ4v) is 7.17. The minimum absolute atomic E-state index is 0.0728. The lowest BCUT2D eigenvalue weighted by atomic mass is 9.55. The SMILES string of the molecule is [B][C@]12C(C)C(=O)C3(C=C(C)C(OC(=O)/C(C)=C/C(=C)C)C3(O)C(O)CCO)[C@H](C)C[C@H]1C2(C)C. The first-order chi connectivity index (χ1) is 15.5. The Hall–Kier alpha value is -1.70. The number of aliphatic hydroxyl groups excluding tert-OH is 2. The van der Waals surface area contributed by atoms with E-state index >= 15 is 0 Å². The van der Waals surface area contributed by atoms with Gasteiger partial charge in [-0.2, -0.15) is 0 Å². The van der Waals surface area contributed by atoms with E-state index in [2.05, 4.69) is 20.4 Å². The number of aliphatic hydroxyl groups is 3. The second kappa shape index (κ2) is 8.46. The molecule has 3 aliphatic rings. The molecule has 6 nitrogen and oxygen atoms in total. The van der Waals surface area contributed by atoms with Gasteiger partial charge >= 0.3 is 5.97 Å². The summed E-state index contributed by atoms with van der Waals surface area (Å²) >= 11 is 0. The van der Waals surface area contributed by atoms with E-state index in [0.717, 1.165) is 0 Å². The summed E-state index contributed by atoms with van der Waals surface area (Å²) in [4.78, 5) is 27.2. The van der Waals surface area contributed by atoms with Crippen LogP contribution < -0.4 is 0 Å². The number of hydrogen-bond donors (Lipinski definition) is 3. The lowest BCUT2D eigenvalue weighted by Crippen LogP contribution is -2.66. The van der Waals surface area contributed by atoms with Crippen molar-refractivity contribution in [2.24, 2.45) is 28.6 Å². The second-order valence-corrected chi connectivity index (χ2v) is 11.5. The molecule has 186 valence electrons. The molecule has 0 bridgehead atoms. The van der Waals surface area contributed by atoms with Crippen LogP contribution in [0.4, 0.5) is 0 Å². The van der Waals surface area contributed by atoms with E-state index in [0.29, 0.717) is 17.6 Å². The third-order valence-electron chi connectivity index (χ3n) is 9.22. The van der Waals surface area contributed by atoms with Crippen molar-refractivity contribution in [2.45, 2.75) is 84.4 Å². The van der Waals surface area contributed by atoms with Crippen LogP contribution in [0.25, 0.3) is 0 Å². The van der Waals surface area contributed by atoms with Crippen LogP contribution in [0.1, 0.15) is 61.3 Å². The van der Waals surface area contributed by atoms with Crippen LogP contribution in [0.2, 0.25) is 5.31 Å². The summed E-state index contributed by atoms with van der Waals surface area (Å²) in [6.07, 6.45) is 0.894. The van der Waals surface area contributed by atoms with Crippen LogP contribution in [0.5, 0.6) is 0 Å². The monoisotopic (exact) mass is 470 g/mol. The molecule has 0 aromatic carbocycles. The number of carbonyl (C=O) groups is 2.